The van der Waals surface area contributed by atoms with Crippen molar-refractivity contribution in [3.05, 3.63) is 6.33 Å². The molecule has 0 atom stereocenters. The Morgan fingerprint density at radius 1 is 1.50 bits per heavy atom. The molecule has 6 nitrogen and oxygen atoms in total. The van der Waals surface area contributed by atoms with Crippen molar-refractivity contribution in [2.24, 2.45) is 0 Å². The van der Waals surface area contributed by atoms with E-state index in [0.29, 0.717) is 24.4 Å². The molecule has 0 spiro atoms. The lowest BCUT2D eigenvalue weighted by Gasteiger charge is -2.08. The number of aromatic nitrogens is 3. The van der Waals surface area contributed by atoms with Gasteiger partial charge in [-0.3, -0.25) is 4.79 Å². The van der Waals surface area contributed by atoms with E-state index in [0.717, 1.165) is 9.04 Å². The van der Waals surface area contributed by atoms with Gasteiger partial charge in [0.05, 0.1) is 12.5 Å². The molecule has 0 saturated carbocycles. The van der Waals surface area contributed by atoms with E-state index in [2.05, 4.69) is 20.3 Å². The molecule has 2 heterocycles. The number of carbonyl (C=O) groups is 1. The van der Waals surface area contributed by atoms with Crippen molar-refractivity contribution in [2.45, 2.75) is 30.7 Å². The SMILES string of the molecule is CSc1nc2ncnc(NCCC(=O)OC(C)C)c2s1. The van der Waals surface area contributed by atoms with Crippen LogP contribution in [0.25, 0.3) is 10.3 Å². The predicted molar refractivity (Wildman–Crippen MR) is 81.3 cm³/mol. The number of hydrogen-bond donors (Lipinski definition) is 1. The van der Waals surface area contributed by atoms with Gasteiger partial charge < -0.3 is 10.1 Å². The van der Waals surface area contributed by atoms with Crippen LogP contribution in [0.1, 0.15) is 20.3 Å². The molecule has 0 amide bonds. The van der Waals surface area contributed by atoms with Gasteiger partial charge in [0.2, 0.25) is 0 Å². The molecule has 0 bridgehead atoms. The summed E-state index contributed by atoms with van der Waals surface area (Å²) in [5.41, 5.74) is 0.682. The molecule has 0 fully saturated rings. The molecule has 0 aliphatic heterocycles. The number of fused-ring (bicyclic) bond motifs is 1. The Balaban J connectivity index is 1.99. The number of rotatable bonds is 6. The summed E-state index contributed by atoms with van der Waals surface area (Å²) in [6, 6.07) is 0. The Bertz CT molecular complexity index is 600. The highest BCUT2D eigenvalue weighted by Gasteiger charge is 2.11. The highest BCUT2D eigenvalue weighted by Crippen LogP contribution is 2.30. The summed E-state index contributed by atoms with van der Waals surface area (Å²) in [5.74, 6) is 0.497. The Morgan fingerprint density at radius 2 is 2.30 bits per heavy atom. The Kier molecular flexibility index (Phi) is 5.13. The molecule has 0 aromatic carbocycles. The Hall–Kier alpha value is -1.41. The van der Waals surface area contributed by atoms with Crippen LogP contribution in [0.3, 0.4) is 0 Å². The first-order valence-corrected chi connectivity index (χ1v) is 8.23. The molecule has 108 valence electrons. The minimum Gasteiger partial charge on any atom is -0.463 e. The second-order valence-electron chi connectivity index (χ2n) is 4.27. The van der Waals surface area contributed by atoms with Gasteiger partial charge in [0.1, 0.15) is 16.8 Å². The fraction of sp³-hybridized carbons (Fsp3) is 0.500. The van der Waals surface area contributed by atoms with E-state index < -0.39 is 0 Å². The van der Waals surface area contributed by atoms with Crippen LogP contribution in [-0.4, -0.2) is 39.8 Å². The van der Waals surface area contributed by atoms with Gasteiger partial charge in [-0.2, -0.15) is 0 Å². The average molecular weight is 312 g/mol. The predicted octanol–water partition coefficient (Wildman–Crippen LogP) is 2.56. The second-order valence-corrected chi connectivity index (χ2v) is 6.33. The van der Waals surface area contributed by atoms with Crippen LogP contribution in [0, 0.1) is 0 Å². The summed E-state index contributed by atoms with van der Waals surface area (Å²) in [4.78, 5) is 24.2. The number of esters is 1. The molecular formula is C12H16N4O2S2. The van der Waals surface area contributed by atoms with E-state index in [-0.39, 0.29) is 12.1 Å². The molecular weight excluding hydrogens is 296 g/mol. The van der Waals surface area contributed by atoms with Gasteiger partial charge in [-0.25, -0.2) is 15.0 Å². The van der Waals surface area contributed by atoms with Crippen LogP contribution in [0.4, 0.5) is 5.82 Å². The van der Waals surface area contributed by atoms with Gasteiger partial charge in [-0.1, -0.05) is 11.8 Å². The van der Waals surface area contributed by atoms with E-state index in [1.807, 2.05) is 20.1 Å². The molecule has 2 rings (SSSR count). The van der Waals surface area contributed by atoms with Crippen LogP contribution in [0.2, 0.25) is 0 Å². The van der Waals surface area contributed by atoms with Gasteiger partial charge in [0, 0.05) is 6.54 Å². The fourth-order valence-corrected chi connectivity index (χ4v) is 3.03. The number of nitrogens with zero attached hydrogens (tertiary/aromatic N) is 3. The lowest BCUT2D eigenvalue weighted by atomic mass is 10.4. The van der Waals surface area contributed by atoms with E-state index in [1.165, 1.54) is 6.33 Å². The van der Waals surface area contributed by atoms with Gasteiger partial charge in [0.25, 0.3) is 0 Å². The monoisotopic (exact) mass is 312 g/mol. The number of ether oxygens (including phenoxy) is 1. The van der Waals surface area contributed by atoms with E-state index >= 15 is 0 Å². The van der Waals surface area contributed by atoms with Crippen molar-refractivity contribution in [2.75, 3.05) is 18.1 Å². The maximum atomic E-state index is 11.4. The maximum Gasteiger partial charge on any atom is 0.307 e. The van der Waals surface area contributed by atoms with E-state index in [9.17, 15) is 4.79 Å². The number of thiazole rings is 1. The van der Waals surface area contributed by atoms with Gasteiger partial charge in [-0.15, -0.1) is 11.3 Å². The topological polar surface area (TPSA) is 77.0 Å². The van der Waals surface area contributed by atoms with Gasteiger partial charge in [-0.05, 0) is 20.1 Å². The minimum absolute atomic E-state index is 0.0844. The summed E-state index contributed by atoms with van der Waals surface area (Å²) in [5, 5.41) is 3.14. The van der Waals surface area contributed by atoms with Crippen LogP contribution in [0.15, 0.2) is 10.7 Å². The normalized spacial score (nSPS) is 11.0. The number of carbonyl (C=O) groups excluding carboxylic acids is 1. The largest absolute Gasteiger partial charge is 0.463 e. The smallest absolute Gasteiger partial charge is 0.307 e. The zero-order valence-electron chi connectivity index (χ0n) is 11.5. The van der Waals surface area contributed by atoms with Crippen LogP contribution in [0.5, 0.6) is 0 Å². The van der Waals surface area contributed by atoms with Crippen LogP contribution >= 0.6 is 23.1 Å². The average Bonchev–Trinajstić information content (AvgIpc) is 2.81. The molecule has 8 heteroatoms. The number of anilines is 1. The van der Waals surface area contributed by atoms with Crippen molar-refractivity contribution in [3.63, 3.8) is 0 Å². The first-order valence-electron chi connectivity index (χ1n) is 6.19. The van der Waals surface area contributed by atoms with Crippen molar-refractivity contribution in [1.29, 1.82) is 0 Å². The Labute approximate surface area is 125 Å². The first-order chi connectivity index (χ1) is 9.60. The molecule has 0 unspecified atom stereocenters. The number of nitrogens with one attached hydrogen (secondary N) is 1. The third kappa shape index (κ3) is 3.80. The molecule has 1 N–H and O–H groups in total. The highest BCUT2D eigenvalue weighted by atomic mass is 32.2. The molecule has 2 aromatic heterocycles. The van der Waals surface area contributed by atoms with Crippen molar-refractivity contribution >= 4 is 45.2 Å². The highest BCUT2D eigenvalue weighted by molar-refractivity contribution is 8.00. The third-order valence-electron chi connectivity index (χ3n) is 2.33. The quantitative estimate of drug-likeness (QED) is 0.649. The molecule has 2 aromatic rings. The summed E-state index contributed by atoms with van der Waals surface area (Å²) in [7, 11) is 0. The summed E-state index contributed by atoms with van der Waals surface area (Å²) < 4.78 is 6.93. The summed E-state index contributed by atoms with van der Waals surface area (Å²) >= 11 is 3.12. The third-order valence-corrected chi connectivity index (χ3v) is 4.37. The summed E-state index contributed by atoms with van der Waals surface area (Å²) in [6.45, 7) is 4.14. The van der Waals surface area contributed by atoms with Gasteiger partial charge >= 0.3 is 5.97 Å². The molecule has 0 aliphatic carbocycles. The molecule has 0 aliphatic rings. The maximum absolute atomic E-state index is 11.4. The van der Waals surface area contributed by atoms with E-state index in [4.69, 9.17) is 4.74 Å². The van der Waals surface area contributed by atoms with Gasteiger partial charge in [0.15, 0.2) is 9.99 Å². The number of thioether (sulfide) groups is 1. The molecule has 0 radical (unpaired) electrons. The van der Waals surface area contributed by atoms with Crippen molar-refractivity contribution in [3.8, 4) is 0 Å². The van der Waals surface area contributed by atoms with Crippen LogP contribution < -0.4 is 5.32 Å². The molecule has 0 saturated heterocycles. The first kappa shape index (κ1) is 15.0. The van der Waals surface area contributed by atoms with E-state index in [1.54, 1.807) is 23.1 Å². The lowest BCUT2D eigenvalue weighted by Crippen LogP contribution is -2.15. The Morgan fingerprint density at radius 3 is 3.00 bits per heavy atom. The van der Waals surface area contributed by atoms with Crippen LogP contribution in [-0.2, 0) is 9.53 Å². The second kappa shape index (κ2) is 6.85. The van der Waals surface area contributed by atoms with Crippen molar-refractivity contribution in [1.82, 2.24) is 15.0 Å². The zero-order chi connectivity index (χ0) is 14.5. The fourth-order valence-electron chi connectivity index (χ4n) is 1.55. The standard InChI is InChI=1S/C12H16N4O2S2/c1-7(2)18-8(17)4-5-13-10-9-11(15-6-14-10)16-12(19-3)20-9/h6-7H,4-5H2,1-3H3,(H,13,14,15). The summed E-state index contributed by atoms with van der Waals surface area (Å²) in [6.07, 6.45) is 3.66. The number of hydrogen-bond acceptors (Lipinski definition) is 8. The molecule has 20 heavy (non-hydrogen) atoms. The van der Waals surface area contributed by atoms with Crippen molar-refractivity contribution < 1.29 is 9.53 Å². The minimum atomic E-state index is -0.216. The lowest BCUT2D eigenvalue weighted by molar-refractivity contribution is -0.147. The zero-order valence-corrected chi connectivity index (χ0v) is 13.2.